The van der Waals surface area contributed by atoms with Gasteiger partial charge in [0, 0.05) is 63.0 Å². The van der Waals surface area contributed by atoms with Gasteiger partial charge in [-0.3, -0.25) is 19.4 Å². The lowest BCUT2D eigenvalue weighted by Crippen LogP contribution is -2.54. The number of amides is 2. The average molecular weight is 367 g/mol. The van der Waals surface area contributed by atoms with Gasteiger partial charge < -0.3 is 9.80 Å². The van der Waals surface area contributed by atoms with Crippen molar-refractivity contribution in [2.24, 2.45) is 11.8 Å². The van der Waals surface area contributed by atoms with Gasteiger partial charge in [0.2, 0.25) is 11.8 Å². The maximum absolute atomic E-state index is 12.5. The SMILES string of the molecule is CN1CC(C(=O)N2CC(Cn3nc(-c4ccncc4)ccc3=O)C2)CC1=O. The molecule has 140 valence electrons. The van der Waals surface area contributed by atoms with E-state index < -0.39 is 0 Å². The molecule has 1 atom stereocenters. The molecule has 0 aliphatic carbocycles. The van der Waals surface area contributed by atoms with Crippen molar-refractivity contribution in [3.05, 3.63) is 47.0 Å². The molecule has 8 nitrogen and oxygen atoms in total. The number of nitrogens with zero attached hydrogens (tertiary/aromatic N) is 5. The number of carbonyl (C=O) groups excluding carboxylic acids is 2. The number of rotatable bonds is 4. The van der Waals surface area contributed by atoms with Gasteiger partial charge in [0.15, 0.2) is 0 Å². The molecule has 4 rings (SSSR count). The van der Waals surface area contributed by atoms with E-state index in [0.29, 0.717) is 32.6 Å². The first-order valence-corrected chi connectivity index (χ1v) is 9.02. The summed E-state index contributed by atoms with van der Waals surface area (Å²) in [6.07, 6.45) is 3.67. The molecular weight excluding hydrogens is 346 g/mol. The first-order chi connectivity index (χ1) is 13.0. The zero-order valence-corrected chi connectivity index (χ0v) is 15.1. The number of hydrogen-bond acceptors (Lipinski definition) is 5. The lowest BCUT2D eigenvalue weighted by molar-refractivity contribution is -0.142. The molecule has 27 heavy (non-hydrogen) atoms. The minimum absolute atomic E-state index is 0.0223. The highest BCUT2D eigenvalue weighted by Gasteiger charge is 2.39. The monoisotopic (exact) mass is 367 g/mol. The van der Waals surface area contributed by atoms with Crippen LogP contribution in [-0.2, 0) is 16.1 Å². The van der Waals surface area contributed by atoms with Crippen molar-refractivity contribution in [2.75, 3.05) is 26.7 Å². The standard InChI is InChI=1S/C19H21N5O3/c1-22-12-15(8-18(22)26)19(27)23-9-13(10-23)11-24-17(25)3-2-16(21-24)14-4-6-20-7-5-14/h2-7,13,15H,8-12H2,1H3. The zero-order valence-electron chi connectivity index (χ0n) is 15.1. The average Bonchev–Trinajstić information content (AvgIpc) is 2.98. The molecule has 0 saturated carbocycles. The largest absolute Gasteiger partial charge is 0.345 e. The maximum atomic E-state index is 12.5. The van der Waals surface area contributed by atoms with Crippen LogP contribution in [0.3, 0.4) is 0 Å². The third kappa shape index (κ3) is 3.47. The highest BCUT2D eigenvalue weighted by Crippen LogP contribution is 2.24. The maximum Gasteiger partial charge on any atom is 0.266 e. The van der Waals surface area contributed by atoms with Crippen molar-refractivity contribution in [1.82, 2.24) is 24.6 Å². The fourth-order valence-electron chi connectivity index (χ4n) is 3.65. The summed E-state index contributed by atoms with van der Waals surface area (Å²) < 4.78 is 1.47. The fourth-order valence-corrected chi connectivity index (χ4v) is 3.65. The minimum Gasteiger partial charge on any atom is -0.345 e. The van der Waals surface area contributed by atoms with E-state index in [4.69, 9.17) is 0 Å². The van der Waals surface area contributed by atoms with Crippen LogP contribution >= 0.6 is 0 Å². The highest BCUT2D eigenvalue weighted by atomic mass is 16.2. The summed E-state index contributed by atoms with van der Waals surface area (Å²) >= 11 is 0. The summed E-state index contributed by atoms with van der Waals surface area (Å²) in [6, 6.07) is 6.92. The van der Waals surface area contributed by atoms with Gasteiger partial charge >= 0.3 is 0 Å². The molecule has 2 aromatic rings. The van der Waals surface area contributed by atoms with Crippen LogP contribution in [0.15, 0.2) is 41.5 Å². The zero-order chi connectivity index (χ0) is 19.0. The van der Waals surface area contributed by atoms with Gasteiger partial charge in [0.05, 0.1) is 18.2 Å². The molecular formula is C19H21N5O3. The quantitative estimate of drug-likeness (QED) is 0.773. The summed E-state index contributed by atoms with van der Waals surface area (Å²) in [5.41, 5.74) is 1.47. The molecule has 2 aliphatic rings. The van der Waals surface area contributed by atoms with Gasteiger partial charge in [-0.25, -0.2) is 4.68 Å². The number of hydrogen-bond donors (Lipinski definition) is 0. The van der Waals surface area contributed by atoms with Crippen LogP contribution in [0.2, 0.25) is 0 Å². The normalized spacial score (nSPS) is 20.0. The van der Waals surface area contributed by atoms with Gasteiger partial charge in [-0.1, -0.05) is 0 Å². The van der Waals surface area contributed by atoms with Crippen LogP contribution in [0, 0.1) is 11.8 Å². The van der Waals surface area contributed by atoms with Crippen LogP contribution in [0.1, 0.15) is 6.42 Å². The van der Waals surface area contributed by atoms with Gasteiger partial charge in [0.25, 0.3) is 5.56 Å². The van der Waals surface area contributed by atoms with E-state index in [0.717, 1.165) is 11.3 Å². The van der Waals surface area contributed by atoms with Gasteiger partial charge in [-0.2, -0.15) is 5.10 Å². The van der Waals surface area contributed by atoms with Crippen molar-refractivity contribution in [3.8, 4) is 11.3 Å². The van der Waals surface area contributed by atoms with Gasteiger partial charge in [0.1, 0.15) is 0 Å². The van der Waals surface area contributed by atoms with Crippen LogP contribution < -0.4 is 5.56 Å². The summed E-state index contributed by atoms with van der Waals surface area (Å²) in [7, 11) is 1.72. The predicted octanol–water partition coefficient (Wildman–Crippen LogP) is 0.242. The van der Waals surface area contributed by atoms with Crippen LogP contribution in [-0.4, -0.2) is 63.1 Å². The van der Waals surface area contributed by atoms with Gasteiger partial charge in [-0.15, -0.1) is 0 Å². The summed E-state index contributed by atoms with van der Waals surface area (Å²) in [5, 5.41) is 4.45. The number of likely N-dealkylation sites (tertiary alicyclic amines) is 2. The minimum atomic E-state index is -0.237. The summed E-state index contributed by atoms with van der Waals surface area (Å²) in [5.74, 6) is 0.0184. The second-order valence-electron chi connectivity index (χ2n) is 7.26. The molecule has 2 saturated heterocycles. The van der Waals surface area contributed by atoms with Crippen molar-refractivity contribution < 1.29 is 9.59 Å². The molecule has 1 unspecified atom stereocenters. The van der Waals surface area contributed by atoms with Crippen LogP contribution in [0.5, 0.6) is 0 Å². The second-order valence-corrected chi connectivity index (χ2v) is 7.26. The molecule has 8 heteroatoms. The van der Waals surface area contributed by atoms with Crippen molar-refractivity contribution in [3.63, 3.8) is 0 Å². The molecule has 4 heterocycles. The molecule has 2 aliphatic heterocycles. The first kappa shape index (κ1) is 17.4. The Kier molecular flexibility index (Phi) is 4.47. The van der Waals surface area contributed by atoms with Crippen molar-refractivity contribution in [2.45, 2.75) is 13.0 Å². The number of aromatic nitrogens is 3. The smallest absolute Gasteiger partial charge is 0.266 e. The molecule has 0 radical (unpaired) electrons. The van der Waals surface area contributed by atoms with E-state index in [2.05, 4.69) is 10.1 Å². The molecule has 2 fully saturated rings. The summed E-state index contributed by atoms with van der Waals surface area (Å²) in [4.78, 5) is 43.6. The Morgan fingerprint density at radius 2 is 1.85 bits per heavy atom. The van der Waals surface area contributed by atoms with E-state index in [1.807, 2.05) is 12.1 Å². The number of carbonyl (C=O) groups is 2. The Hall–Kier alpha value is -3.03. The van der Waals surface area contributed by atoms with Crippen LogP contribution in [0.4, 0.5) is 0 Å². The Morgan fingerprint density at radius 3 is 2.52 bits per heavy atom. The molecule has 0 N–H and O–H groups in total. The van der Waals surface area contributed by atoms with Crippen molar-refractivity contribution in [1.29, 1.82) is 0 Å². The second kappa shape index (κ2) is 6.94. The van der Waals surface area contributed by atoms with Gasteiger partial charge in [-0.05, 0) is 18.2 Å². The topological polar surface area (TPSA) is 88.4 Å². The van der Waals surface area contributed by atoms with E-state index in [1.54, 1.807) is 35.3 Å². The Morgan fingerprint density at radius 1 is 1.11 bits per heavy atom. The molecule has 2 aromatic heterocycles. The van der Waals surface area contributed by atoms with E-state index >= 15 is 0 Å². The van der Waals surface area contributed by atoms with Crippen LogP contribution in [0.25, 0.3) is 11.3 Å². The molecule has 0 aromatic carbocycles. The highest BCUT2D eigenvalue weighted by molar-refractivity contribution is 5.89. The lowest BCUT2D eigenvalue weighted by atomic mass is 9.96. The summed E-state index contributed by atoms with van der Waals surface area (Å²) in [6.45, 7) is 2.17. The third-order valence-electron chi connectivity index (χ3n) is 5.23. The number of pyridine rings is 1. The van der Waals surface area contributed by atoms with E-state index in [1.165, 1.54) is 10.7 Å². The molecule has 0 spiro atoms. The van der Waals surface area contributed by atoms with E-state index in [9.17, 15) is 14.4 Å². The predicted molar refractivity (Wildman–Crippen MR) is 97.5 cm³/mol. The Balaban J connectivity index is 1.38. The lowest BCUT2D eigenvalue weighted by Gasteiger charge is -2.40. The molecule has 0 bridgehead atoms. The fraction of sp³-hybridized carbons (Fsp3) is 0.421. The molecule has 2 amide bonds. The van der Waals surface area contributed by atoms with Crippen molar-refractivity contribution >= 4 is 11.8 Å². The Bertz CT molecular complexity index is 920. The third-order valence-corrected chi connectivity index (χ3v) is 5.23. The first-order valence-electron chi connectivity index (χ1n) is 9.02. The van der Waals surface area contributed by atoms with E-state index in [-0.39, 0.29) is 29.2 Å². The Labute approximate surface area is 156 Å².